The van der Waals surface area contributed by atoms with Gasteiger partial charge >= 0.3 is 0 Å². The molecular formula is C13H11NO3. The van der Waals surface area contributed by atoms with Crippen molar-refractivity contribution in [2.75, 3.05) is 0 Å². The highest BCUT2D eigenvalue weighted by atomic mass is 16.3. The minimum atomic E-state index is -0.167. The van der Waals surface area contributed by atoms with Crippen LogP contribution in [0.2, 0.25) is 0 Å². The van der Waals surface area contributed by atoms with E-state index >= 15 is 0 Å². The number of nitrogens with zero attached hydrogens (tertiary/aromatic N) is 1. The Bertz CT molecular complexity index is 503. The SMILES string of the molecule is O=C(CCC(=O)c1ccco1)c1ccccn1. The van der Waals surface area contributed by atoms with E-state index in [1.54, 1.807) is 36.5 Å². The average molecular weight is 229 g/mol. The Labute approximate surface area is 98.3 Å². The lowest BCUT2D eigenvalue weighted by atomic mass is 10.1. The van der Waals surface area contributed by atoms with E-state index in [1.807, 2.05) is 0 Å². The molecule has 2 aromatic heterocycles. The predicted octanol–water partition coefficient (Wildman–Crippen LogP) is 2.52. The summed E-state index contributed by atoms with van der Waals surface area (Å²) in [6.07, 6.45) is 3.29. The van der Waals surface area contributed by atoms with Crippen LogP contribution < -0.4 is 0 Å². The van der Waals surface area contributed by atoms with Gasteiger partial charge < -0.3 is 4.42 Å². The van der Waals surface area contributed by atoms with E-state index in [0.717, 1.165) is 0 Å². The largest absolute Gasteiger partial charge is 0.461 e. The Morgan fingerprint density at radius 2 is 1.88 bits per heavy atom. The molecule has 17 heavy (non-hydrogen) atoms. The summed E-state index contributed by atoms with van der Waals surface area (Å²) in [5.41, 5.74) is 0.389. The standard InChI is InChI=1S/C13H11NO3/c15-11(10-4-1-2-8-14-10)6-7-12(16)13-5-3-9-17-13/h1-5,8-9H,6-7H2. The van der Waals surface area contributed by atoms with Crippen LogP contribution in [0, 0.1) is 0 Å². The summed E-state index contributed by atoms with van der Waals surface area (Å²) in [5, 5.41) is 0. The van der Waals surface area contributed by atoms with Crippen LogP contribution in [-0.4, -0.2) is 16.6 Å². The summed E-state index contributed by atoms with van der Waals surface area (Å²) in [4.78, 5) is 27.2. The third kappa shape index (κ3) is 2.87. The highest BCUT2D eigenvalue weighted by Crippen LogP contribution is 2.08. The molecular weight excluding hydrogens is 218 g/mol. The van der Waals surface area contributed by atoms with Crippen molar-refractivity contribution < 1.29 is 14.0 Å². The molecule has 0 N–H and O–H groups in total. The molecule has 0 amide bonds. The lowest BCUT2D eigenvalue weighted by molar-refractivity contribution is 0.0900. The molecule has 0 fully saturated rings. The Hall–Kier alpha value is -2.23. The zero-order valence-electron chi connectivity index (χ0n) is 9.13. The van der Waals surface area contributed by atoms with Gasteiger partial charge in [-0.3, -0.25) is 14.6 Å². The van der Waals surface area contributed by atoms with E-state index in [0.29, 0.717) is 11.5 Å². The van der Waals surface area contributed by atoms with Crippen LogP contribution in [0.25, 0.3) is 0 Å². The second kappa shape index (κ2) is 5.21. The molecule has 0 saturated carbocycles. The van der Waals surface area contributed by atoms with Gasteiger partial charge in [-0.25, -0.2) is 0 Å². The van der Waals surface area contributed by atoms with Gasteiger partial charge in [-0.15, -0.1) is 0 Å². The number of furan rings is 1. The van der Waals surface area contributed by atoms with Crippen LogP contribution in [0.3, 0.4) is 0 Å². The molecule has 0 radical (unpaired) electrons. The minimum Gasteiger partial charge on any atom is -0.461 e. The van der Waals surface area contributed by atoms with Crippen molar-refractivity contribution in [1.29, 1.82) is 0 Å². The fraction of sp³-hybridized carbons (Fsp3) is 0.154. The summed E-state index contributed by atoms with van der Waals surface area (Å²) in [5.74, 6) is -0.0105. The molecule has 0 aliphatic carbocycles. The summed E-state index contributed by atoms with van der Waals surface area (Å²) in [6, 6.07) is 8.36. The molecule has 0 saturated heterocycles. The Morgan fingerprint density at radius 1 is 1.06 bits per heavy atom. The van der Waals surface area contributed by atoms with Gasteiger partial charge in [0.2, 0.25) is 0 Å². The first kappa shape index (κ1) is 11.3. The third-order valence-electron chi connectivity index (χ3n) is 2.33. The van der Waals surface area contributed by atoms with E-state index in [9.17, 15) is 9.59 Å². The number of ketones is 2. The Balaban J connectivity index is 1.91. The maximum Gasteiger partial charge on any atom is 0.198 e. The Kier molecular flexibility index (Phi) is 3.45. The van der Waals surface area contributed by atoms with Gasteiger partial charge in [0, 0.05) is 19.0 Å². The normalized spacial score (nSPS) is 10.1. The van der Waals surface area contributed by atoms with Crippen LogP contribution in [0.15, 0.2) is 47.2 Å². The van der Waals surface area contributed by atoms with Gasteiger partial charge in [0.25, 0.3) is 0 Å². The Morgan fingerprint density at radius 3 is 2.53 bits per heavy atom. The number of aromatic nitrogens is 1. The highest BCUT2D eigenvalue weighted by Gasteiger charge is 2.13. The lowest BCUT2D eigenvalue weighted by Crippen LogP contribution is -2.05. The predicted molar refractivity (Wildman–Crippen MR) is 60.8 cm³/mol. The smallest absolute Gasteiger partial charge is 0.198 e. The van der Waals surface area contributed by atoms with Crippen LogP contribution in [0.5, 0.6) is 0 Å². The van der Waals surface area contributed by atoms with Crippen molar-refractivity contribution in [3.63, 3.8) is 0 Å². The zero-order chi connectivity index (χ0) is 12.1. The second-order valence-corrected chi connectivity index (χ2v) is 3.54. The van der Waals surface area contributed by atoms with Crippen molar-refractivity contribution in [3.05, 3.63) is 54.2 Å². The summed E-state index contributed by atoms with van der Waals surface area (Å²) >= 11 is 0. The molecule has 2 heterocycles. The molecule has 0 aliphatic rings. The molecule has 2 rings (SSSR count). The van der Waals surface area contributed by atoms with Crippen LogP contribution in [-0.2, 0) is 0 Å². The minimum absolute atomic E-state index is 0.134. The van der Waals surface area contributed by atoms with E-state index in [4.69, 9.17) is 4.42 Å². The fourth-order valence-electron chi connectivity index (χ4n) is 1.44. The van der Waals surface area contributed by atoms with Gasteiger partial charge in [0.15, 0.2) is 17.3 Å². The zero-order valence-corrected chi connectivity index (χ0v) is 9.13. The first-order chi connectivity index (χ1) is 8.27. The third-order valence-corrected chi connectivity index (χ3v) is 2.33. The lowest BCUT2D eigenvalue weighted by Gasteiger charge is -1.98. The first-order valence-corrected chi connectivity index (χ1v) is 5.28. The number of pyridine rings is 1. The van der Waals surface area contributed by atoms with Crippen LogP contribution >= 0.6 is 0 Å². The number of hydrogen-bond acceptors (Lipinski definition) is 4. The van der Waals surface area contributed by atoms with Crippen LogP contribution in [0.4, 0.5) is 0 Å². The summed E-state index contributed by atoms with van der Waals surface area (Å²) < 4.78 is 4.96. The molecule has 4 nitrogen and oxygen atoms in total. The van der Waals surface area contributed by atoms with Gasteiger partial charge in [-0.1, -0.05) is 6.07 Å². The number of Topliss-reactive ketones (excluding diaryl/α,β-unsaturated/α-hetero) is 2. The second-order valence-electron chi connectivity index (χ2n) is 3.54. The van der Waals surface area contributed by atoms with Crippen molar-refractivity contribution in [3.8, 4) is 0 Å². The van der Waals surface area contributed by atoms with E-state index in [2.05, 4.69) is 4.98 Å². The highest BCUT2D eigenvalue weighted by molar-refractivity contribution is 6.00. The van der Waals surface area contributed by atoms with Gasteiger partial charge in [0.05, 0.1) is 6.26 Å². The molecule has 0 bridgehead atoms. The molecule has 0 aromatic carbocycles. The quantitative estimate of drug-likeness (QED) is 0.739. The summed E-state index contributed by atoms with van der Waals surface area (Å²) in [6.45, 7) is 0. The topological polar surface area (TPSA) is 60.2 Å². The molecule has 4 heteroatoms. The van der Waals surface area contributed by atoms with Gasteiger partial charge in [-0.2, -0.15) is 0 Å². The molecule has 0 spiro atoms. The fourth-order valence-corrected chi connectivity index (χ4v) is 1.44. The first-order valence-electron chi connectivity index (χ1n) is 5.28. The molecule has 0 unspecified atom stereocenters. The monoisotopic (exact) mass is 229 g/mol. The molecule has 86 valence electrons. The van der Waals surface area contributed by atoms with Crippen LogP contribution in [0.1, 0.15) is 33.9 Å². The number of hydrogen-bond donors (Lipinski definition) is 0. The van der Waals surface area contributed by atoms with Crippen molar-refractivity contribution in [2.45, 2.75) is 12.8 Å². The maximum absolute atomic E-state index is 11.7. The van der Waals surface area contributed by atoms with Crippen molar-refractivity contribution in [2.24, 2.45) is 0 Å². The van der Waals surface area contributed by atoms with E-state index < -0.39 is 0 Å². The van der Waals surface area contributed by atoms with Gasteiger partial charge in [0.1, 0.15) is 5.69 Å². The maximum atomic E-state index is 11.7. The average Bonchev–Trinajstić information content (AvgIpc) is 2.90. The van der Waals surface area contributed by atoms with E-state index in [-0.39, 0.29) is 24.4 Å². The molecule has 0 atom stereocenters. The summed E-state index contributed by atoms with van der Waals surface area (Å²) in [7, 11) is 0. The number of carbonyl (C=O) groups excluding carboxylic acids is 2. The van der Waals surface area contributed by atoms with Crippen molar-refractivity contribution in [1.82, 2.24) is 4.98 Å². The van der Waals surface area contributed by atoms with E-state index in [1.165, 1.54) is 6.26 Å². The number of rotatable bonds is 5. The van der Waals surface area contributed by atoms with Crippen molar-refractivity contribution >= 4 is 11.6 Å². The molecule has 0 aliphatic heterocycles. The molecule has 2 aromatic rings. The number of carbonyl (C=O) groups is 2. The van der Waals surface area contributed by atoms with Gasteiger partial charge in [-0.05, 0) is 24.3 Å².